The number of hydrogen-bond acceptors (Lipinski definition) is 7. The van der Waals surface area contributed by atoms with Crippen LogP contribution >= 0.6 is 23.1 Å². The van der Waals surface area contributed by atoms with Crippen LogP contribution in [0, 0.1) is 11.3 Å². The van der Waals surface area contributed by atoms with Gasteiger partial charge in [0.25, 0.3) is 0 Å². The Morgan fingerprint density at radius 2 is 2.35 bits per heavy atom. The molecule has 1 amide bonds. The zero-order chi connectivity index (χ0) is 18.4. The Morgan fingerprint density at radius 3 is 3.08 bits per heavy atom. The number of thioether (sulfide) groups is 1. The van der Waals surface area contributed by atoms with Crippen molar-refractivity contribution in [3.63, 3.8) is 0 Å². The zero-order valence-electron chi connectivity index (χ0n) is 14.3. The first kappa shape index (κ1) is 18.4. The van der Waals surface area contributed by atoms with Gasteiger partial charge in [0.15, 0.2) is 0 Å². The van der Waals surface area contributed by atoms with Gasteiger partial charge < -0.3 is 9.32 Å². The van der Waals surface area contributed by atoms with E-state index in [0.717, 1.165) is 21.7 Å². The average molecular weight is 387 g/mol. The standard InChI is InChI=1S/C18H18N4O2S2/c1-2-14-9-15-17(20-12-21-18(15)26-14)25-11-16(23)22(7-4-6-19)10-13-5-3-8-24-13/h3,5,8-9,12H,2,4,7,10-11H2,1H3. The number of amides is 1. The molecule has 0 aliphatic carbocycles. The Balaban J connectivity index is 1.69. The van der Waals surface area contributed by atoms with Gasteiger partial charge in [-0.05, 0) is 24.6 Å². The quantitative estimate of drug-likeness (QED) is 0.431. The summed E-state index contributed by atoms with van der Waals surface area (Å²) in [5.74, 6) is 0.922. The number of furan rings is 1. The minimum Gasteiger partial charge on any atom is -0.467 e. The van der Waals surface area contributed by atoms with Crippen LogP contribution in [0.3, 0.4) is 0 Å². The molecule has 0 N–H and O–H groups in total. The maximum atomic E-state index is 12.7. The summed E-state index contributed by atoms with van der Waals surface area (Å²) >= 11 is 3.06. The molecular weight excluding hydrogens is 368 g/mol. The fourth-order valence-corrected chi connectivity index (χ4v) is 4.34. The summed E-state index contributed by atoms with van der Waals surface area (Å²) in [4.78, 5) is 25.2. The average Bonchev–Trinajstić information content (AvgIpc) is 3.32. The highest BCUT2D eigenvalue weighted by molar-refractivity contribution is 8.00. The molecule has 6 nitrogen and oxygen atoms in total. The SMILES string of the molecule is CCc1cc2c(SCC(=O)N(CCC#N)Cc3ccco3)ncnc2s1. The highest BCUT2D eigenvalue weighted by Gasteiger charge is 2.17. The number of nitrogens with zero attached hydrogens (tertiary/aromatic N) is 4. The number of carbonyl (C=O) groups is 1. The smallest absolute Gasteiger partial charge is 0.233 e. The van der Waals surface area contributed by atoms with Gasteiger partial charge in [-0.1, -0.05) is 18.7 Å². The molecule has 0 bridgehead atoms. The Morgan fingerprint density at radius 1 is 1.46 bits per heavy atom. The lowest BCUT2D eigenvalue weighted by Gasteiger charge is -2.20. The number of rotatable bonds is 8. The third-order valence-corrected chi connectivity index (χ3v) is 5.98. The Kier molecular flexibility index (Phi) is 6.26. The predicted molar refractivity (Wildman–Crippen MR) is 102 cm³/mol. The highest BCUT2D eigenvalue weighted by Crippen LogP contribution is 2.31. The van der Waals surface area contributed by atoms with E-state index in [1.807, 2.05) is 6.07 Å². The number of hydrogen-bond donors (Lipinski definition) is 0. The molecule has 0 aliphatic rings. The molecule has 0 aliphatic heterocycles. The van der Waals surface area contributed by atoms with Crippen LogP contribution < -0.4 is 0 Å². The minimum absolute atomic E-state index is 0.0423. The van der Waals surface area contributed by atoms with Crippen molar-refractivity contribution >= 4 is 39.2 Å². The molecule has 0 radical (unpaired) electrons. The summed E-state index contributed by atoms with van der Waals surface area (Å²) in [6.45, 7) is 2.86. The van der Waals surface area contributed by atoms with E-state index in [1.54, 1.807) is 34.9 Å². The van der Waals surface area contributed by atoms with Crippen molar-refractivity contribution in [2.75, 3.05) is 12.3 Å². The lowest BCUT2D eigenvalue weighted by molar-refractivity contribution is -0.129. The van der Waals surface area contributed by atoms with Gasteiger partial charge in [-0.25, -0.2) is 9.97 Å². The van der Waals surface area contributed by atoms with Gasteiger partial charge in [-0.3, -0.25) is 4.79 Å². The monoisotopic (exact) mass is 386 g/mol. The molecule has 3 rings (SSSR count). The van der Waals surface area contributed by atoms with Crippen LogP contribution in [0.15, 0.2) is 40.2 Å². The molecule has 0 saturated heterocycles. The topological polar surface area (TPSA) is 83.0 Å². The Labute approximate surface area is 159 Å². The number of aromatic nitrogens is 2. The molecule has 8 heteroatoms. The second-order valence-corrected chi connectivity index (χ2v) is 7.63. The first-order valence-electron chi connectivity index (χ1n) is 8.24. The summed E-state index contributed by atoms with van der Waals surface area (Å²) in [6.07, 6.45) is 4.37. The van der Waals surface area contributed by atoms with Crippen LogP contribution in [0.2, 0.25) is 0 Å². The van der Waals surface area contributed by atoms with E-state index in [4.69, 9.17) is 9.68 Å². The lowest BCUT2D eigenvalue weighted by Crippen LogP contribution is -2.32. The van der Waals surface area contributed by atoms with Crippen LogP contribution in [0.4, 0.5) is 0 Å². The van der Waals surface area contributed by atoms with Crippen molar-refractivity contribution in [1.82, 2.24) is 14.9 Å². The molecule has 26 heavy (non-hydrogen) atoms. The number of thiophene rings is 1. The van der Waals surface area contributed by atoms with Crippen LogP contribution in [0.5, 0.6) is 0 Å². The summed E-state index contributed by atoms with van der Waals surface area (Å²) in [5.41, 5.74) is 0. The fraction of sp³-hybridized carbons (Fsp3) is 0.333. The number of nitriles is 1. The van der Waals surface area contributed by atoms with Gasteiger partial charge in [-0.15, -0.1) is 11.3 Å². The Bertz CT molecular complexity index is 915. The maximum absolute atomic E-state index is 12.7. The summed E-state index contributed by atoms with van der Waals surface area (Å²) in [7, 11) is 0. The first-order chi connectivity index (χ1) is 12.7. The fourth-order valence-electron chi connectivity index (χ4n) is 2.46. The molecule has 0 saturated carbocycles. The van der Waals surface area contributed by atoms with Crippen LogP contribution in [-0.2, 0) is 17.8 Å². The summed E-state index contributed by atoms with van der Waals surface area (Å²) in [5, 5.41) is 10.7. The molecular formula is C18H18N4O2S2. The zero-order valence-corrected chi connectivity index (χ0v) is 16.0. The van der Waals surface area contributed by atoms with Crippen LogP contribution in [-0.4, -0.2) is 33.1 Å². The molecule has 0 unspecified atom stereocenters. The number of aryl methyl sites for hydroxylation is 1. The number of fused-ring (bicyclic) bond motifs is 1. The van der Waals surface area contributed by atoms with Crippen molar-refractivity contribution in [3.8, 4) is 6.07 Å². The molecule has 3 heterocycles. The minimum atomic E-state index is -0.0423. The van der Waals surface area contributed by atoms with Crippen molar-refractivity contribution < 1.29 is 9.21 Å². The van der Waals surface area contributed by atoms with E-state index in [9.17, 15) is 4.79 Å². The van der Waals surface area contributed by atoms with Gasteiger partial charge in [0.1, 0.15) is 21.9 Å². The summed E-state index contributed by atoms with van der Waals surface area (Å²) < 4.78 is 5.33. The molecule has 134 valence electrons. The maximum Gasteiger partial charge on any atom is 0.233 e. The van der Waals surface area contributed by atoms with Crippen molar-refractivity contribution in [2.24, 2.45) is 0 Å². The van der Waals surface area contributed by atoms with Crippen LogP contribution in [0.25, 0.3) is 10.2 Å². The molecule has 0 aromatic carbocycles. The van der Waals surface area contributed by atoms with Crippen molar-refractivity contribution in [1.29, 1.82) is 5.26 Å². The van der Waals surface area contributed by atoms with E-state index in [0.29, 0.717) is 25.3 Å². The molecule has 0 fully saturated rings. The van der Waals surface area contributed by atoms with E-state index >= 15 is 0 Å². The van der Waals surface area contributed by atoms with Gasteiger partial charge in [0, 0.05) is 16.8 Å². The normalized spacial score (nSPS) is 10.8. The van der Waals surface area contributed by atoms with Gasteiger partial charge in [-0.2, -0.15) is 5.26 Å². The van der Waals surface area contributed by atoms with Gasteiger partial charge in [0.05, 0.1) is 31.1 Å². The highest BCUT2D eigenvalue weighted by atomic mass is 32.2. The third kappa shape index (κ3) is 4.42. The molecule has 0 atom stereocenters. The second-order valence-electron chi connectivity index (χ2n) is 5.56. The molecule has 3 aromatic heterocycles. The lowest BCUT2D eigenvalue weighted by atomic mass is 10.3. The van der Waals surface area contributed by atoms with Gasteiger partial charge >= 0.3 is 0 Å². The van der Waals surface area contributed by atoms with Crippen molar-refractivity contribution in [3.05, 3.63) is 41.4 Å². The van der Waals surface area contributed by atoms with E-state index < -0.39 is 0 Å². The Hall–Kier alpha value is -2.37. The largest absolute Gasteiger partial charge is 0.467 e. The third-order valence-electron chi connectivity index (χ3n) is 3.80. The number of carbonyl (C=O) groups excluding carboxylic acids is 1. The van der Waals surface area contributed by atoms with Crippen LogP contribution in [0.1, 0.15) is 24.0 Å². The van der Waals surface area contributed by atoms with E-state index in [-0.39, 0.29) is 11.7 Å². The first-order valence-corrected chi connectivity index (χ1v) is 10.0. The molecule has 3 aromatic rings. The van der Waals surface area contributed by atoms with Gasteiger partial charge in [0.2, 0.25) is 5.91 Å². The van der Waals surface area contributed by atoms with Crippen molar-refractivity contribution in [2.45, 2.75) is 31.3 Å². The second kappa shape index (κ2) is 8.83. The molecule has 0 spiro atoms. The van der Waals surface area contributed by atoms with E-state index in [2.05, 4.69) is 29.0 Å². The summed E-state index contributed by atoms with van der Waals surface area (Å²) in [6, 6.07) is 7.80. The van der Waals surface area contributed by atoms with E-state index in [1.165, 1.54) is 16.6 Å². The predicted octanol–water partition coefficient (Wildman–Crippen LogP) is 3.88.